The Hall–Kier alpha value is -2.55. The van der Waals surface area contributed by atoms with E-state index in [1.165, 1.54) is 22.9 Å². The third kappa shape index (κ3) is 2.75. The van der Waals surface area contributed by atoms with Crippen molar-refractivity contribution in [2.24, 2.45) is 0 Å². The molecule has 1 N–H and O–H groups in total. The fraction of sp³-hybridized carbons (Fsp3) is 0.211. The van der Waals surface area contributed by atoms with E-state index >= 15 is 0 Å². The van der Waals surface area contributed by atoms with Gasteiger partial charge in [-0.15, -0.1) is 0 Å². The standard InChI is InChI=1S/C19H19NO2/c1-13(11-19(21)22)14-3-5-15(6-4-14)16-7-8-18-17(12-16)9-10-20(18)2/h3-8,11-12H,9-10H2,1-2H3,(H,21,22)/b13-11+. The molecular formula is C19H19NO2. The average Bonchev–Trinajstić information content (AvgIpc) is 2.88. The molecule has 1 aliphatic rings. The number of nitrogens with zero attached hydrogens (tertiary/aromatic N) is 1. The Morgan fingerprint density at radius 2 is 1.82 bits per heavy atom. The van der Waals surface area contributed by atoms with Crippen molar-refractivity contribution in [3.05, 3.63) is 59.7 Å². The number of carboxylic acid groups (broad SMARTS) is 1. The zero-order chi connectivity index (χ0) is 15.7. The van der Waals surface area contributed by atoms with Crippen LogP contribution in [0.25, 0.3) is 16.7 Å². The van der Waals surface area contributed by atoms with Crippen LogP contribution in [0.3, 0.4) is 0 Å². The van der Waals surface area contributed by atoms with Gasteiger partial charge in [-0.05, 0) is 53.3 Å². The molecule has 3 nitrogen and oxygen atoms in total. The first-order chi connectivity index (χ1) is 10.5. The number of hydrogen-bond acceptors (Lipinski definition) is 2. The molecule has 3 rings (SSSR count). The van der Waals surface area contributed by atoms with Crippen molar-refractivity contribution in [2.75, 3.05) is 18.5 Å². The van der Waals surface area contributed by atoms with Gasteiger partial charge in [0.2, 0.25) is 0 Å². The number of allylic oxidation sites excluding steroid dienone is 1. The summed E-state index contributed by atoms with van der Waals surface area (Å²) in [4.78, 5) is 13.0. The van der Waals surface area contributed by atoms with E-state index in [0.29, 0.717) is 0 Å². The van der Waals surface area contributed by atoms with Crippen LogP contribution >= 0.6 is 0 Å². The highest BCUT2D eigenvalue weighted by molar-refractivity contribution is 5.89. The van der Waals surface area contributed by atoms with Crippen LogP contribution in [0, 0.1) is 0 Å². The number of carboxylic acids is 1. The van der Waals surface area contributed by atoms with Crippen LogP contribution in [0.15, 0.2) is 48.5 Å². The Labute approximate surface area is 130 Å². The van der Waals surface area contributed by atoms with E-state index in [-0.39, 0.29) is 0 Å². The third-order valence-corrected chi connectivity index (χ3v) is 4.22. The first kappa shape index (κ1) is 14.4. The number of fused-ring (bicyclic) bond motifs is 1. The Bertz CT molecular complexity index is 745. The summed E-state index contributed by atoms with van der Waals surface area (Å²) in [5.74, 6) is -0.913. The number of benzene rings is 2. The minimum Gasteiger partial charge on any atom is -0.478 e. The molecule has 0 fully saturated rings. The number of rotatable bonds is 3. The highest BCUT2D eigenvalue weighted by Gasteiger charge is 2.15. The van der Waals surface area contributed by atoms with Crippen LogP contribution in [-0.2, 0) is 11.2 Å². The molecule has 1 aliphatic heterocycles. The van der Waals surface area contributed by atoms with Crippen LogP contribution in [0.2, 0.25) is 0 Å². The first-order valence-electron chi connectivity index (χ1n) is 7.41. The second-order valence-electron chi connectivity index (χ2n) is 5.76. The SMILES string of the molecule is C/C(=C\C(=O)O)c1ccc(-c2ccc3c(c2)CCN3C)cc1. The van der Waals surface area contributed by atoms with E-state index in [2.05, 4.69) is 42.3 Å². The summed E-state index contributed by atoms with van der Waals surface area (Å²) in [6, 6.07) is 14.6. The Balaban J connectivity index is 1.89. The first-order valence-corrected chi connectivity index (χ1v) is 7.41. The van der Waals surface area contributed by atoms with Gasteiger partial charge in [-0.3, -0.25) is 0 Å². The van der Waals surface area contributed by atoms with Crippen LogP contribution in [0.4, 0.5) is 5.69 Å². The van der Waals surface area contributed by atoms with Crippen molar-refractivity contribution in [3.8, 4) is 11.1 Å². The topological polar surface area (TPSA) is 40.5 Å². The molecule has 0 saturated carbocycles. The van der Waals surface area contributed by atoms with Gasteiger partial charge >= 0.3 is 5.97 Å². The molecule has 0 aliphatic carbocycles. The molecular weight excluding hydrogens is 274 g/mol. The normalized spacial score (nSPS) is 14.1. The lowest BCUT2D eigenvalue weighted by Gasteiger charge is -2.12. The summed E-state index contributed by atoms with van der Waals surface area (Å²) < 4.78 is 0. The zero-order valence-electron chi connectivity index (χ0n) is 12.8. The number of aliphatic carboxylic acids is 1. The molecule has 112 valence electrons. The predicted octanol–water partition coefficient (Wildman–Crippen LogP) is 3.83. The molecule has 0 saturated heterocycles. The predicted molar refractivity (Wildman–Crippen MR) is 90.1 cm³/mol. The molecule has 0 unspecified atom stereocenters. The Morgan fingerprint density at radius 3 is 2.50 bits per heavy atom. The van der Waals surface area contributed by atoms with Crippen LogP contribution in [0.1, 0.15) is 18.1 Å². The third-order valence-electron chi connectivity index (χ3n) is 4.22. The van der Waals surface area contributed by atoms with E-state index in [0.717, 1.165) is 29.7 Å². The summed E-state index contributed by atoms with van der Waals surface area (Å²) in [5, 5.41) is 8.81. The average molecular weight is 293 g/mol. The fourth-order valence-corrected chi connectivity index (χ4v) is 2.94. The fourth-order valence-electron chi connectivity index (χ4n) is 2.94. The largest absolute Gasteiger partial charge is 0.478 e. The molecule has 0 radical (unpaired) electrons. The Kier molecular flexibility index (Phi) is 3.72. The number of anilines is 1. The minimum absolute atomic E-state index is 0.759. The summed E-state index contributed by atoms with van der Waals surface area (Å²) in [6.07, 6.45) is 2.33. The molecule has 0 spiro atoms. The summed E-state index contributed by atoms with van der Waals surface area (Å²) in [7, 11) is 2.12. The van der Waals surface area contributed by atoms with E-state index < -0.39 is 5.97 Å². The molecule has 22 heavy (non-hydrogen) atoms. The van der Waals surface area contributed by atoms with Crippen molar-refractivity contribution in [2.45, 2.75) is 13.3 Å². The van der Waals surface area contributed by atoms with E-state index in [1.807, 2.05) is 19.1 Å². The van der Waals surface area contributed by atoms with E-state index in [1.54, 1.807) is 0 Å². The lowest BCUT2D eigenvalue weighted by atomic mass is 9.99. The van der Waals surface area contributed by atoms with Gasteiger partial charge in [-0.2, -0.15) is 0 Å². The number of carbonyl (C=O) groups is 1. The van der Waals surface area contributed by atoms with Gasteiger partial charge in [0.1, 0.15) is 0 Å². The van der Waals surface area contributed by atoms with Gasteiger partial charge in [0.15, 0.2) is 0 Å². The number of likely N-dealkylation sites (N-methyl/N-ethyl adjacent to an activating group) is 1. The van der Waals surface area contributed by atoms with Crippen molar-refractivity contribution in [1.29, 1.82) is 0 Å². The lowest BCUT2D eigenvalue weighted by Crippen LogP contribution is -2.12. The van der Waals surface area contributed by atoms with Crippen LogP contribution < -0.4 is 4.90 Å². The van der Waals surface area contributed by atoms with Crippen molar-refractivity contribution in [1.82, 2.24) is 0 Å². The molecule has 2 aromatic rings. The molecule has 0 aromatic heterocycles. The summed E-state index contributed by atoms with van der Waals surface area (Å²) in [6.45, 7) is 2.89. The minimum atomic E-state index is -0.913. The second kappa shape index (κ2) is 5.68. The van der Waals surface area contributed by atoms with E-state index in [4.69, 9.17) is 5.11 Å². The van der Waals surface area contributed by atoms with Gasteiger partial charge < -0.3 is 10.0 Å². The second-order valence-corrected chi connectivity index (χ2v) is 5.76. The molecule has 3 heteroatoms. The molecule has 0 amide bonds. The van der Waals surface area contributed by atoms with Crippen LogP contribution in [0.5, 0.6) is 0 Å². The summed E-state index contributed by atoms with van der Waals surface area (Å²) >= 11 is 0. The van der Waals surface area contributed by atoms with Gasteiger partial charge in [0.25, 0.3) is 0 Å². The Morgan fingerprint density at radius 1 is 1.14 bits per heavy atom. The molecule has 0 bridgehead atoms. The maximum Gasteiger partial charge on any atom is 0.328 e. The van der Waals surface area contributed by atoms with Gasteiger partial charge in [-0.25, -0.2) is 4.79 Å². The maximum atomic E-state index is 10.7. The monoisotopic (exact) mass is 293 g/mol. The highest BCUT2D eigenvalue weighted by atomic mass is 16.4. The van der Waals surface area contributed by atoms with Gasteiger partial charge in [0, 0.05) is 25.4 Å². The van der Waals surface area contributed by atoms with Gasteiger partial charge in [-0.1, -0.05) is 30.3 Å². The van der Waals surface area contributed by atoms with Crippen molar-refractivity contribution < 1.29 is 9.90 Å². The van der Waals surface area contributed by atoms with Crippen molar-refractivity contribution in [3.63, 3.8) is 0 Å². The van der Waals surface area contributed by atoms with E-state index in [9.17, 15) is 4.79 Å². The lowest BCUT2D eigenvalue weighted by molar-refractivity contribution is -0.131. The molecule has 1 heterocycles. The van der Waals surface area contributed by atoms with Crippen molar-refractivity contribution >= 4 is 17.2 Å². The number of hydrogen-bond donors (Lipinski definition) is 1. The maximum absolute atomic E-state index is 10.7. The summed E-state index contributed by atoms with van der Waals surface area (Å²) in [5.41, 5.74) is 6.78. The van der Waals surface area contributed by atoms with Gasteiger partial charge in [0.05, 0.1) is 0 Å². The van der Waals surface area contributed by atoms with Crippen LogP contribution in [-0.4, -0.2) is 24.7 Å². The highest BCUT2D eigenvalue weighted by Crippen LogP contribution is 2.31. The zero-order valence-corrected chi connectivity index (χ0v) is 12.8. The smallest absolute Gasteiger partial charge is 0.328 e. The quantitative estimate of drug-likeness (QED) is 0.874. The molecule has 0 atom stereocenters. The molecule has 2 aromatic carbocycles.